The van der Waals surface area contributed by atoms with Crippen LogP contribution in [0.4, 0.5) is 34.1 Å². The van der Waals surface area contributed by atoms with Crippen LogP contribution in [0.1, 0.15) is 36.1 Å². The molecule has 2 heteroatoms. The molecule has 0 bridgehead atoms. The van der Waals surface area contributed by atoms with E-state index in [1.54, 1.807) is 0 Å². The molecule has 2 aliphatic rings. The highest BCUT2D eigenvalue weighted by molar-refractivity contribution is 5.92. The summed E-state index contributed by atoms with van der Waals surface area (Å²) < 4.78 is 0. The quantitative estimate of drug-likeness (QED) is 0.135. The van der Waals surface area contributed by atoms with E-state index in [9.17, 15) is 0 Å². The zero-order chi connectivity index (χ0) is 48.2. The molecular weight excluding hydrogens is 869 g/mol. The van der Waals surface area contributed by atoms with E-state index in [4.69, 9.17) is 0 Å². The molecule has 0 aromatic heterocycles. The van der Waals surface area contributed by atoms with Gasteiger partial charge < -0.3 is 9.80 Å². The van der Waals surface area contributed by atoms with Crippen molar-refractivity contribution in [2.45, 2.75) is 25.7 Å². The van der Waals surface area contributed by atoms with Gasteiger partial charge in [-0.15, -0.1) is 0 Å². The molecule has 72 heavy (non-hydrogen) atoms. The first-order valence-corrected chi connectivity index (χ1v) is 25.1. The van der Waals surface area contributed by atoms with E-state index in [-0.39, 0.29) is 5.41 Å². The van der Waals surface area contributed by atoms with Gasteiger partial charge in [-0.2, -0.15) is 0 Å². The number of rotatable bonds is 10. The van der Waals surface area contributed by atoms with Crippen molar-refractivity contribution >= 4 is 34.1 Å². The van der Waals surface area contributed by atoms with Gasteiger partial charge in [-0.25, -0.2) is 0 Å². The highest BCUT2D eigenvalue weighted by Crippen LogP contribution is 2.54. The first-order valence-electron chi connectivity index (χ1n) is 25.1. The first-order chi connectivity index (χ1) is 35.4. The normalized spacial score (nSPS) is 12.6. The molecule has 0 saturated carbocycles. The monoisotopic (exact) mass is 920 g/mol. The second-order valence-electron chi connectivity index (χ2n) is 19.8. The van der Waals surface area contributed by atoms with Crippen LogP contribution in [0.2, 0.25) is 0 Å². The van der Waals surface area contributed by atoms with Gasteiger partial charge in [0.15, 0.2) is 0 Å². The molecule has 0 amide bonds. The minimum atomic E-state index is -0.230. The number of fused-ring (bicyclic) bond motifs is 6. The second kappa shape index (κ2) is 17.8. The predicted octanol–water partition coefficient (Wildman–Crippen LogP) is 19.2. The largest absolute Gasteiger partial charge is 0.310 e. The van der Waals surface area contributed by atoms with Crippen molar-refractivity contribution in [1.29, 1.82) is 0 Å². The van der Waals surface area contributed by atoms with Gasteiger partial charge in [0.2, 0.25) is 0 Å². The first kappa shape index (κ1) is 43.1. The van der Waals surface area contributed by atoms with Crippen LogP contribution in [0, 0.1) is 0 Å². The zero-order valence-electron chi connectivity index (χ0n) is 40.5. The Morgan fingerprint density at radius 3 is 1.00 bits per heavy atom. The molecule has 2 nitrogen and oxygen atoms in total. The molecule has 0 heterocycles. The summed E-state index contributed by atoms with van der Waals surface area (Å²) in [5.74, 6) is 0. The van der Waals surface area contributed by atoms with E-state index in [2.05, 4.69) is 291 Å². The third-order valence-electron chi connectivity index (χ3n) is 15.0. The molecule has 0 atom stereocenters. The Morgan fingerprint density at radius 1 is 0.250 bits per heavy atom. The second-order valence-corrected chi connectivity index (χ2v) is 19.8. The Labute approximate surface area is 423 Å². The van der Waals surface area contributed by atoms with E-state index in [0.717, 1.165) is 40.5 Å². The van der Waals surface area contributed by atoms with Crippen LogP contribution in [-0.4, -0.2) is 0 Å². The number of anilines is 6. The molecule has 13 rings (SSSR count). The van der Waals surface area contributed by atoms with Gasteiger partial charge in [-0.1, -0.05) is 196 Å². The summed E-state index contributed by atoms with van der Waals surface area (Å²) in [7, 11) is 0. The Morgan fingerprint density at radius 2 is 0.583 bits per heavy atom. The van der Waals surface area contributed by atoms with Gasteiger partial charge in [0.25, 0.3) is 0 Å². The van der Waals surface area contributed by atoms with Crippen LogP contribution in [0.3, 0.4) is 0 Å². The van der Waals surface area contributed by atoms with Crippen molar-refractivity contribution in [2.24, 2.45) is 0 Å². The van der Waals surface area contributed by atoms with Crippen molar-refractivity contribution in [3.8, 4) is 66.8 Å². The molecular formula is C70H52N2. The van der Waals surface area contributed by atoms with E-state index in [0.29, 0.717) is 0 Å². The average Bonchev–Trinajstić information content (AvgIpc) is 3.91. The van der Waals surface area contributed by atoms with E-state index in [1.165, 1.54) is 89.0 Å². The Hall–Kier alpha value is -8.98. The minimum absolute atomic E-state index is 0.230. The molecule has 0 radical (unpaired) electrons. The Kier molecular flexibility index (Phi) is 10.6. The molecule has 0 N–H and O–H groups in total. The van der Waals surface area contributed by atoms with Gasteiger partial charge in [-0.3, -0.25) is 0 Å². The molecule has 0 fully saturated rings. The third kappa shape index (κ3) is 7.69. The summed E-state index contributed by atoms with van der Waals surface area (Å²) in [6.45, 7) is 4.82. The van der Waals surface area contributed by atoms with Crippen molar-refractivity contribution in [3.63, 3.8) is 0 Å². The Balaban J connectivity index is 0.878. The summed E-state index contributed by atoms with van der Waals surface area (Å²) in [5.41, 5.74) is 26.9. The predicted molar refractivity (Wildman–Crippen MR) is 303 cm³/mol. The zero-order valence-corrected chi connectivity index (χ0v) is 40.5. The molecule has 0 spiro atoms. The minimum Gasteiger partial charge on any atom is -0.310 e. The SMILES string of the molecule is CC1(C)c2cc(N(c3cccc(-c4ccccc4)c3)c3cccc(-c4ccccc4)c3)ccc2-c2cc3c(cc21)-c1ccc(N(c2cccc(-c4ccccc4)c2)c2cccc(-c4ccccc4)c2)cc1C3. The van der Waals surface area contributed by atoms with Crippen molar-refractivity contribution < 1.29 is 0 Å². The van der Waals surface area contributed by atoms with Crippen LogP contribution >= 0.6 is 0 Å². The van der Waals surface area contributed by atoms with Gasteiger partial charge >= 0.3 is 0 Å². The van der Waals surface area contributed by atoms with Gasteiger partial charge in [0.05, 0.1) is 0 Å². The highest BCUT2D eigenvalue weighted by Gasteiger charge is 2.38. The highest BCUT2D eigenvalue weighted by atomic mass is 15.1. The molecule has 342 valence electrons. The summed E-state index contributed by atoms with van der Waals surface area (Å²) in [4.78, 5) is 4.86. The maximum Gasteiger partial charge on any atom is 0.0467 e. The van der Waals surface area contributed by atoms with Crippen molar-refractivity contribution in [3.05, 3.63) is 289 Å². The van der Waals surface area contributed by atoms with Crippen molar-refractivity contribution in [1.82, 2.24) is 0 Å². The fourth-order valence-corrected chi connectivity index (χ4v) is 11.4. The van der Waals surface area contributed by atoms with Crippen LogP contribution in [-0.2, 0) is 11.8 Å². The molecule has 11 aromatic carbocycles. The van der Waals surface area contributed by atoms with Crippen molar-refractivity contribution in [2.75, 3.05) is 9.80 Å². The summed E-state index contributed by atoms with van der Waals surface area (Å²) >= 11 is 0. The van der Waals surface area contributed by atoms with E-state index >= 15 is 0 Å². The third-order valence-corrected chi connectivity index (χ3v) is 15.0. The van der Waals surface area contributed by atoms with Gasteiger partial charge in [0.1, 0.15) is 0 Å². The van der Waals surface area contributed by atoms with Crippen LogP contribution < -0.4 is 9.80 Å². The molecule has 2 aliphatic carbocycles. The van der Waals surface area contributed by atoms with Crippen LogP contribution in [0.5, 0.6) is 0 Å². The Bertz CT molecular complexity index is 3630. The van der Waals surface area contributed by atoms with E-state index in [1.807, 2.05) is 0 Å². The fourth-order valence-electron chi connectivity index (χ4n) is 11.4. The maximum absolute atomic E-state index is 2.52. The lowest BCUT2D eigenvalue weighted by Crippen LogP contribution is -2.17. The number of hydrogen-bond acceptors (Lipinski definition) is 2. The number of benzene rings is 11. The molecule has 11 aromatic rings. The lowest BCUT2D eigenvalue weighted by molar-refractivity contribution is 0.660. The van der Waals surface area contributed by atoms with Crippen LogP contribution in [0.15, 0.2) is 267 Å². The summed E-state index contributed by atoms with van der Waals surface area (Å²) in [5, 5.41) is 0. The lowest BCUT2D eigenvalue weighted by Gasteiger charge is -2.29. The molecule has 0 aliphatic heterocycles. The van der Waals surface area contributed by atoms with E-state index < -0.39 is 0 Å². The standard InChI is InChI=1S/C70H52N2/c1-70(2)68-46-63(72(60-33-17-29-54(42-60)50-23-11-5-12-24-50)61-34-18-30-55(43-61)51-25-13-6-14-26-51)36-38-65(68)67-45-57-39-56-44-62(35-37-64(56)66(57)47-69(67)70)71(58-31-15-27-52(40-58)48-19-7-3-8-20-48)59-32-16-28-53(41-59)49-21-9-4-10-22-49/h3-38,40-47H,39H2,1-2H3. The van der Waals surface area contributed by atoms with Crippen LogP contribution in [0.25, 0.3) is 66.8 Å². The lowest BCUT2D eigenvalue weighted by atomic mass is 9.81. The number of hydrogen-bond donors (Lipinski definition) is 0. The van der Waals surface area contributed by atoms with Gasteiger partial charge in [0, 0.05) is 39.5 Å². The maximum atomic E-state index is 2.52. The van der Waals surface area contributed by atoms with Gasteiger partial charge in [-0.05, 0) is 180 Å². The average molecular weight is 921 g/mol. The fraction of sp³-hybridized carbons (Fsp3) is 0.0571. The molecule has 0 saturated heterocycles. The summed E-state index contributed by atoms with van der Waals surface area (Å²) in [6.07, 6.45) is 0.880. The summed E-state index contributed by atoms with van der Waals surface area (Å²) in [6, 6.07) is 97.9. The topological polar surface area (TPSA) is 6.48 Å². The number of nitrogens with zero attached hydrogens (tertiary/aromatic N) is 2. The smallest absolute Gasteiger partial charge is 0.0467 e. The molecule has 0 unspecified atom stereocenters.